The molecule has 1 aromatic heterocycles. The van der Waals surface area contributed by atoms with E-state index in [4.69, 9.17) is 0 Å². The van der Waals surface area contributed by atoms with Crippen LogP contribution >= 0.6 is 0 Å². The Morgan fingerprint density at radius 2 is 2.00 bits per heavy atom. The summed E-state index contributed by atoms with van der Waals surface area (Å²) >= 11 is 0. The van der Waals surface area contributed by atoms with Crippen molar-refractivity contribution in [3.63, 3.8) is 0 Å². The van der Waals surface area contributed by atoms with E-state index >= 15 is 0 Å². The number of likely N-dealkylation sites (N-methyl/N-ethyl adjacent to an activating group) is 1. The van der Waals surface area contributed by atoms with Crippen LogP contribution in [0.5, 0.6) is 0 Å². The van der Waals surface area contributed by atoms with Gasteiger partial charge in [-0.2, -0.15) is 0 Å². The minimum absolute atomic E-state index is 0.238. The number of nitrogens with zero attached hydrogens (tertiary/aromatic N) is 2. The first-order valence-electron chi connectivity index (χ1n) is 6.76. The third-order valence-corrected chi connectivity index (χ3v) is 4.15. The summed E-state index contributed by atoms with van der Waals surface area (Å²) in [6.07, 6.45) is 3.76. The Hall–Kier alpha value is -1.83. The molecule has 0 atom stereocenters. The van der Waals surface area contributed by atoms with E-state index in [0.717, 1.165) is 6.54 Å². The van der Waals surface area contributed by atoms with Gasteiger partial charge in [-0.25, -0.2) is 0 Å². The molecule has 0 bridgehead atoms. The summed E-state index contributed by atoms with van der Waals surface area (Å²) in [4.78, 5) is 6.61. The molecule has 2 nitrogen and oxygen atoms in total. The molecule has 0 N–H and O–H groups in total. The normalized spacial score (nSPS) is 16.5. The van der Waals surface area contributed by atoms with Gasteiger partial charge in [0.05, 0.1) is 0 Å². The molecular formula is C17H20N2. The Balaban J connectivity index is 2.20. The molecule has 1 aliphatic rings. The van der Waals surface area contributed by atoms with Gasteiger partial charge in [-0.1, -0.05) is 32.0 Å². The summed E-state index contributed by atoms with van der Waals surface area (Å²) in [5.74, 6) is 0. The van der Waals surface area contributed by atoms with Crippen LogP contribution in [0.4, 0.5) is 5.69 Å². The molecule has 0 saturated carbocycles. The maximum absolute atomic E-state index is 4.23. The van der Waals surface area contributed by atoms with Crippen LogP contribution in [0.25, 0.3) is 11.1 Å². The molecule has 19 heavy (non-hydrogen) atoms. The van der Waals surface area contributed by atoms with E-state index in [2.05, 4.69) is 55.9 Å². The Labute approximate surface area is 115 Å². The zero-order chi connectivity index (χ0) is 13.6. The lowest BCUT2D eigenvalue weighted by atomic mass is 9.85. The maximum Gasteiger partial charge on any atom is 0.0438 e. The largest absolute Gasteiger partial charge is 0.373 e. The summed E-state index contributed by atoms with van der Waals surface area (Å²) in [7, 11) is 2.19. The van der Waals surface area contributed by atoms with Crippen molar-refractivity contribution in [3.8, 4) is 11.1 Å². The van der Waals surface area contributed by atoms with E-state index in [0.29, 0.717) is 0 Å². The summed E-state index contributed by atoms with van der Waals surface area (Å²) in [6.45, 7) is 7.94. The summed E-state index contributed by atoms with van der Waals surface area (Å²) in [5.41, 5.74) is 6.94. The second-order valence-corrected chi connectivity index (χ2v) is 6.12. The van der Waals surface area contributed by atoms with Gasteiger partial charge in [-0.05, 0) is 29.7 Å². The zero-order valence-electron chi connectivity index (χ0n) is 12.1. The molecule has 3 rings (SSSR count). The molecule has 0 unspecified atom stereocenters. The SMILES string of the molecule is Cc1c(-c2cccnc2)ccc2c1N(C)CC2(C)C. The lowest BCUT2D eigenvalue weighted by molar-refractivity contribution is 0.563. The average molecular weight is 252 g/mol. The van der Waals surface area contributed by atoms with Gasteiger partial charge < -0.3 is 4.90 Å². The van der Waals surface area contributed by atoms with Crippen LogP contribution in [0, 0.1) is 6.92 Å². The predicted octanol–water partition coefficient (Wildman–Crippen LogP) is 3.78. The van der Waals surface area contributed by atoms with Crippen molar-refractivity contribution in [2.75, 3.05) is 18.5 Å². The lowest BCUT2D eigenvalue weighted by Gasteiger charge is -2.18. The van der Waals surface area contributed by atoms with E-state index in [1.165, 1.54) is 27.9 Å². The number of fused-ring (bicyclic) bond motifs is 1. The molecule has 2 heterocycles. The second-order valence-electron chi connectivity index (χ2n) is 6.12. The number of rotatable bonds is 1. The molecule has 0 fully saturated rings. The van der Waals surface area contributed by atoms with Crippen LogP contribution in [-0.4, -0.2) is 18.6 Å². The Kier molecular flexibility index (Phi) is 2.63. The quantitative estimate of drug-likeness (QED) is 0.767. The van der Waals surface area contributed by atoms with Crippen LogP contribution in [0.15, 0.2) is 36.7 Å². The van der Waals surface area contributed by atoms with Gasteiger partial charge in [-0.15, -0.1) is 0 Å². The minimum atomic E-state index is 0.238. The summed E-state index contributed by atoms with van der Waals surface area (Å²) in [6, 6.07) is 8.65. The highest BCUT2D eigenvalue weighted by Gasteiger charge is 2.34. The predicted molar refractivity (Wildman–Crippen MR) is 80.7 cm³/mol. The summed E-state index contributed by atoms with van der Waals surface area (Å²) < 4.78 is 0. The van der Waals surface area contributed by atoms with Crippen LogP contribution in [0.1, 0.15) is 25.0 Å². The fraction of sp³-hybridized carbons (Fsp3) is 0.353. The third kappa shape index (κ3) is 1.83. The van der Waals surface area contributed by atoms with E-state index < -0.39 is 0 Å². The van der Waals surface area contributed by atoms with Crippen molar-refractivity contribution in [3.05, 3.63) is 47.8 Å². The first kappa shape index (κ1) is 12.2. The number of pyridine rings is 1. The molecule has 2 aromatic rings. The van der Waals surface area contributed by atoms with Gasteiger partial charge in [0, 0.05) is 42.7 Å². The molecule has 98 valence electrons. The highest BCUT2D eigenvalue weighted by molar-refractivity contribution is 5.78. The molecule has 0 amide bonds. The molecule has 2 heteroatoms. The molecule has 0 radical (unpaired) electrons. The van der Waals surface area contributed by atoms with E-state index in [1.54, 1.807) is 0 Å². The van der Waals surface area contributed by atoms with Gasteiger partial charge >= 0.3 is 0 Å². The van der Waals surface area contributed by atoms with Crippen molar-refractivity contribution < 1.29 is 0 Å². The topological polar surface area (TPSA) is 16.1 Å². The highest BCUT2D eigenvalue weighted by atomic mass is 15.1. The Bertz CT molecular complexity index is 615. The van der Waals surface area contributed by atoms with E-state index in [1.807, 2.05) is 18.5 Å². The standard InChI is InChI=1S/C17H20N2/c1-12-14(13-6-5-9-18-10-13)7-8-15-16(12)19(4)11-17(15,2)3/h5-10H,11H2,1-4H3. The van der Waals surface area contributed by atoms with Crippen LogP contribution in [0.2, 0.25) is 0 Å². The fourth-order valence-electron chi connectivity index (χ4n) is 3.33. The van der Waals surface area contributed by atoms with Crippen molar-refractivity contribution in [1.82, 2.24) is 4.98 Å². The lowest BCUT2D eigenvalue weighted by Crippen LogP contribution is -2.25. The van der Waals surface area contributed by atoms with Gasteiger partial charge in [0.2, 0.25) is 0 Å². The van der Waals surface area contributed by atoms with Crippen molar-refractivity contribution in [2.45, 2.75) is 26.2 Å². The Morgan fingerprint density at radius 1 is 1.21 bits per heavy atom. The van der Waals surface area contributed by atoms with Crippen molar-refractivity contribution in [1.29, 1.82) is 0 Å². The Morgan fingerprint density at radius 3 is 2.68 bits per heavy atom. The number of hydrogen-bond donors (Lipinski definition) is 0. The molecule has 0 aliphatic carbocycles. The molecule has 0 spiro atoms. The molecular weight excluding hydrogens is 232 g/mol. The van der Waals surface area contributed by atoms with Crippen LogP contribution in [0.3, 0.4) is 0 Å². The minimum Gasteiger partial charge on any atom is -0.373 e. The molecule has 1 aliphatic heterocycles. The van der Waals surface area contributed by atoms with E-state index in [-0.39, 0.29) is 5.41 Å². The van der Waals surface area contributed by atoms with Crippen LogP contribution < -0.4 is 4.90 Å². The first-order chi connectivity index (χ1) is 9.00. The van der Waals surface area contributed by atoms with Crippen molar-refractivity contribution in [2.24, 2.45) is 0 Å². The number of hydrogen-bond acceptors (Lipinski definition) is 2. The number of anilines is 1. The van der Waals surface area contributed by atoms with E-state index in [9.17, 15) is 0 Å². The van der Waals surface area contributed by atoms with Gasteiger partial charge in [0.25, 0.3) is 0 Å². The summed E-state index contributed by atoms with van der Waals surface area (Å²) in [5, 5.41) is 0. The smallest absolute Gasteiger partial charge is 0.0438 e. The van der Waals surface area contributed by atoms with Gasteiger partial charge in [0.1, 0.15) is 0 Å². The van der Waals surface area contributed by atoms with Gasteiger partial charge in [0.15, 0.2) is 0 Å². The van der Waals surface area contributed by atoms with Crippen LogP contribution in [-0.2, 0) is 5.41 Å². The average Bonchev–Trinajstić information content (AvgIpc) is 2.61. The zero-order valence-corrected chi connectivity index (χ0v) is 12.1. The number of benzene rings is 1. The highest BCUT2D eigenvalue weighted by Crippen LogP contribution is 2.44. The first-order valence-corrected chi connectivity index (χ1v) is 6.76. The second kappa shape index (κ2) is 4.09. The number of aromatic nitrogens is 1. The third-order valence-electron chi connectivity index (χ3n) is 4.15. The van der Waals surface area contributed by atoms with Gasteiger partial charge in [-0.3, -0.25) is 4.98 Å². The monoisotopic (exact) mass is 252 g/mol. The van der Waals surface area contributed by atoms with Crippen molar-refractivity contribution >= 4 is 5.69 Å². The maximum atomic E-state index is 4.23. The molecule has 1 aromatic carbocycles. The molecule has 0 saturated heterocycles. The fourth-order valence-corrected chi connectivity index (χ4v) is 3.33.